The average molecular weight is 540 g/mol. The van der Waals surface area contributed by atoms with Gasteiger partial charge >= 0.3 is 0 Å². The highest BCUT2D eigenvalue weighted by molar-refractivity contribution is 5.98. The molecule has 3 aromatic carbocycles. The second-order valence-corrected chi connectivity index (χ2v) is 11.3. The predicted octanol–water partition coefficient (Wildman–Crippen LogP) is 6.16. The number of carbonyl (C=O) groups is 2. The van der Waals surface area contributed by atoms with Crippen LogP contribution in [0, 0.1) is 5.92 Å². The van der Waals surface area contributed by atoms with Gasteiger partial charge < -0.3 is 9.88 Å². The lowest BCUT2D eigenvalue weighted by molar-refractivity contribution is -0.118. The summed E-state index contributed by atoms with van der Waals surface area (Å²) < 4.78 is 1.83. The number of benzene rings is 3. The van der Waals surface area contributed by atoms with E-state index in [1.807, 2.05) is 59.2 Å². The minimum Gasteiger partial charge on any atom is -0.342 e. The molecule has 2 aliphatic rings. The highest BCUT2D eigenvalue weighted by Crippen LogP contribution is 2.48. The number of Topliss-reactive ketones (excluding diaryl/α,β-unsaturated/α-hetero) is 1. The van der Waals surface area contributed by atoms with Crippen LogP contribution in [-0.4, -0.2) is 21.2 Å². The van der Waals surface area contributed by atoms with Gasteiger partial charge in [0, 0.05) is 24.0 Å². The van der Waals surface area contributed by atoms with E-state index < -0.39 is 5.54 Å². The molecule has 2 saturated carbocycles. The van der Waals surface area contributed by atoms with Crippen LogP contribution >= 0.6 is 0 Å². The van der Waals surface area contributed by atoms with Gasteiger partial charge in [0.25, 0.3) is 5.91 Å². The van der Waals surface area contributed by atoms with Crippen molar-refractivity contribution in [3.63, 3.8) is 0 Å². The van der Waals surface area contributed by atoms with Crippen molar-refractivity contribution < 1.29 is 9.59 Å². The standard InChI is InChI=1S/C35H29N3O3/c1-22(39)29-20-30(29)24-14-12-23(13-15-24)25-7-5-10-27(19-25)38-21-31(32(40)28-11-6-18-36-33(28)38)34(41)37-35(16-17-35)26-8-3-2-4-9-26/h2-15,18-19,21,29-30H,16-17,20H2,1H3,(H,37,41). The monoisotopic (exact) mass is 539 g/mol. The van der Waals surface area contributed by atoms with Gasteiger partial charge in [0.05, 0.1) is 10.9 Å². The Morgan fingerprint density at radius 2 is 1.68 bits per heavy atom. The molecule has 0 saturated heterocycles. The fraction of sp³-hybridized carbons (Fsp3) is 0.200. The molecule has 0 bridgehead atoms. The molecule has 2 unspecified atom stereocenters. The number of hydrogen-bond acceptors (Lipinski definition) is 4. The number of ketones is 1. The lowest BCUT2D eigenvalue weighted by Gasteiger charge is -2.19. The van der Waals surface area contributed by atoms with E-state index in [4.69, 9.17) is 0 Å². The summed E-state index contributed by atoms with van der Waals surface area (Å²) in [6.45, 7) is 1.67. The number of aromatic nitrogens is 2. The van der Waals surface area contributed by atoms with Crippen LogP contribution in [0.5, 0.6) is 0 Å². The summed E-state index contributed by atoms with van der Waals surface area (Å²) in [6.07, 6.45) is 5.87. The van der Waals surface area contributed by atoms with Gasteiger partial charge in [-0.15, -0.1) is 0 Å². The molecule has 5 aromatic rings. The summed E-state index contributed by atoms with van der Waals surface area (Å²) in [7, 11) is 0. The Morgan fingerprint density at radius 3 is 2.39 bits per heavy atom. The van der Waals surface area contributed by atoms with Crippen molar-refractivity contribution in [2.45, 2.75) is 37.6 Å². The zero-order valence-electron chi connectivity index (χ0n) is 22.7. The van der Waals surface area contributed by atoms with E-state index in [0.717, 1.165) is 41.6 Å². The van der Waals surface area contributed by atoms with Gasteiger partial charge in [-0.25, -0.2) is 4.98 Å². The minimum atomic E-state index is -0.434. The van der Waals surface area contributed by atoms with Gasteiger partial charge in [0.2, 0.25) is 5.43 Å². The quantitative estimate of drug-likeness (QED) is 0.268. The molecule has 6 heteroatoms. The highest BCUT2D eigenvalue weighted by Gasteiger charge is 2.46. The van der Waals surface area contributed by atoms with Crippen LogP contribution in [0.4, 0.5) is 0 Å². The number of amides is 1. The lowest BCUT2D eigenvalue weighted by atomic mass is 10.0. The molecule has 2 heterocycles. The zero-order chi connectivity index (χ0) is 28.1. The average Bonchev–Trinajstić information content (AvgIpc) is 3.94. The Morgan fingerprint density at radius 1 is 0.902 bits per heavy atom. The zero-order valence-corrected chi connectivity index (χ0v) is 22.7. The summed E-state index contributed by atoms with van der Waals surface area (Å²) in [4.78, 5) is 43.3. The molecule has 7 rings (SSSR count). The van der Waals surface area contributed by atoms with Crippen LogP contribution in [0.2, 0.25) is 0 Å². The molecule has 6 nitrogen and oxygen atoms in total. The van der Waals surface area contributed by atoms with Crippen LogP contribution in [0.25, 0.3) is 27.8 Å². The smallest absolute Gasteiger partial charge is 0.257 e. The van der Waals surface area contributed by atoms with Crippen molar-refractivity contribution >= 4 is 22.7 Å². The Balaban J connectivity index is 1.25. The first-order chi connectivity index (χ1) is 19.9. The summed E-state index contributed by atoms with van der Waals surface area (Å²) in [6, 6.07) is 29.7. The third kappa shape index (κ3) is 4.55. The molecule has 202 valence electrons. The minimum absolute atomic E-state index is 0.0897. The maximum Gasteiger partial charge on any atom is 0.257 e. The van der Waals surface area contributed by atoms with Crippen LogP contribution < -0.4 is 10.7 Å². The number of carbonyl (C=O) groups excluding carboxylic acids is 2. The van der Waals surface area contributed by atoms with E-state index in [2.05, 4.69) is 34.6 Å². The summed E-state index contributed by atoms with van der Waals surface area (Å²) in [5, 5.41) is 3.55. The van der Waals surface area contributed by atoms with E-state index >= 15 is 0 Å². The Bertz CT molecular complexity index is 1870. The van der Waals surface area contributed by atoms with Crippen molar-refractivity contribution in [3.8, 4) is 16.8 Å². The first-order valence-corrected chi connectivity index (χ1v) is 14.0. The normalized spacial score (nSPS) is 18.6. The first kappa shape index (κ1) is 25.1. The third-order valence-corrected chi connectivity index (χ3v) is 8.55. The van der Waals surface area contributed by atoms with E-state index in [1.165, 1.54) is 5.56 Å². The van der Waals surface area contributed by atoms with Crippen molar-refractivity contribution in [3.05, 3.63) is 130 Å². The van der Waals surface area contributed by atoms with Gasteiger partial charge in [0.15, 0.2) is 0 Å². The molecule has 2 aromatic heterocycles. The molecular weight excluding hydrogens is 510 g/mol. The fourth-order valence-electron chi connectivity index (χ4n) is 5.94. The predicted molar refractivity (Wildman–Crippen MR) is 159 cm³/mol. The van der Waals surface area contributed by atoms with E-state index in [-0.39, 0.29) is 28.6 Å². The number of pyridine rings is 2. The number of nitrogens with zero attached hydrogens (tertiary/aromatic N) is 2. The largest absolute Gasteiger partial charge is 0.342 e. The molecular formula is C35H29N3O3. The molecule has 0 aliphatic heterocycles. The number of fused-ring (bicyclic) bond motifs is 1. The van der Waals surface area contributed by atoms with Crippen molar-refractivity contribution in [1.29, 1.82) is 0 Å². The van der Waals surface area contributed by atoms with Crippen molar-refractivity contribution in [1.82, 2.24) is 14.9 Å². The lowest BCUT2D eigenvalue weighted by Crippen LogP contribution is -2.37. The summed E-state index contributed by atoms with van der Waals surface area (Å²) in [5.41, 5.74) is 4.91. The van der Waals surface area contributed by atoms with Gasteiger partial charge in [0.1, 0.15) is 17.0 Å². The molecule has 2 atom stereocenters. The first-order valence-electron chi connectivity index (χ1n) is 14.0. The molecule has 2 fully saturated rings. The van der Waals surface area contributed by atoms with E-state index in [0.29, 0.717) is 17.0 Å². The SMILES string of the molecule is CC(=O)C1CC1c1ccc(-c2cccc(-n3cc(C(=O)NC4(c5ccccc5)CC4)c(=O)c4cccnc43)c2)cc1. The molecule has 2 aliphatic carbocycles. The number of nitrogens with one attached hydrogen (secondary N) is 1. The van der Waals surface area contributed by atoms with E-state index in [9.17, 15) is 14.4 Å². The molecule has 0 spiro atoms. The molecule has 41 heavy (non-hydrogen) atoms. The molecule has 1 N–H and O–H groups in total. The van der Waals surface area contributed by atoms with Gasteiger partial charge in [-0.2, -0.15) is 0 Å². The van der Waals surface area contributed by atoms with Gasteiger partial charge in [-0.05, 0) is 78.6 Å². The van der Waals surface area contributed by atoms with Gasteiger partial charge in [-0.3, -0.25) is 14.4 Å². The maximum absolute atomic E-state index is 13.6. The van der Waals surface area contributed by atoms with Gasteiger partial charge in [-0.1, -0.05) is 66.7 Å². The van der Waals surface area contributed by atoms with Crippen molar-refractivity contribution in [2.75, 3.05) is 0 Å². The van der Waals surface area contributed by atoms with Crippen LogP contribution in [-0.2, 0) is 10.3 Å². The van der Waals surface area contributed by atoms with Crippen LogP contribution in [0.15, 0.2) is 108 Å². The number of rotatable bonds is 7. The Hall–Kier alpha value is -4.84. The second-order valence-electron chi connectivity index (χ2n) is 11.3. The summed E-state index contributed by atoms with van der Waals surface area (Å²) >= 11 is 0. The summed E-state index contributed by atoms with van der Waals surface area (Å²) in [5.74, 6) is 0.354. The van der Waals surface area contributed by atoms with Crippen molar-refractivity contribution in [2.24, 2.45) is 5.92 Å². The fourth-order valence-corrected chi connectivity index (χ4v) is 5.94. The maximum atomic E-state index is 13.6. The third-order valence-electron chi connectivity index (χ3n) is 8.55. The topological polar surface area (TPSA) is 81.1 Å². The molecule has 0 radical (unpaired) electrons. The Kier molecular flexibility index (Phi) is 5.93. The van der Waals surface area contributed by atoms with E-state index in [1.54, 1.807) is 31.5 Å². The number of hydrogen-bond donors (Lipinski definition) is 1. The second kappa shape index (κ2) is 9.66. The van der Waals surface area contributed by atoms with Crippen LogP contribution in [0.3, 0.4) is 0 Å². The Labute approximate surface area is 237 Å². The molecule has 1 amide bonds. The highest BCUT2D eigenvalue weighted by atomic mass is 16.2. The van der Waals surface area contributed by atoms with Crippen LogP contribution in [0.1, 0.15) is 53.6 Å².